The third kappa shape index (κ3) is 6.11. The Balaban J connectivity index is 2.25. The van der Waals surface area contributed by atoms with Crippen LogP contribution in [0.1, 0.15) is 59.8 Å². The molecule has 0 saturated heterocycles. The van der Waals surface area contributed by atoms with Gasteiger partial charge in [0.1, 0.15) is 0 Å². The lowest BCUT2D eigenvalue weighted by Crippen LogP contribution is -2.37. The molecule has 2 unspecified atom stereocenters. The van der Waals surface area contributed by atoms with E-state index in [1.807, 2.05) is 0 Å². The van der Waals surface area contributed by atoms with Gasteiger partial charge >= 0.3 is 0 Å². The zero-order valence-corrected chi connectivity index (χ0v) is 14.3. The summed E-state index contributed by atoms with van der Waals surface area (Å²) in [4.78, 5) is 5.26. The molecule has 0 amide bonds. The first kappa shape index (κ1) is 17.9. The van der Waals surface area contributed by atoms with Crippen LogP contribution in [0.4, 0.5) is 0 Å². The van der Waals surface area contributed by atoms with Gasteiger partial charge in [-0.1, -0.05) is 27.7 Å². The van der Waals surface area contributed by atoms with Crippen molar-refractivity contribution in [3.8, 4) is 0 Å². The normalized spacial score (nSPS) is 23.1. The molecule has 0 radical (unpaired) electrons. The zero-order valence-electron chi connectivity index (χ0n) is 14.3. The summed E-state index contributed by atoms with van der Waals surface area (Å²) in [6.45, 7) is 16.4. The monoisotopic (exact) mass is 283 g/mol. The van der Waals surface area contributed by atoms with Crippen LogP contribution in [-0.4, -0.2) is 61.2 Å². The molecule has 0 spiro atoms. The summed E-state index contributed by atoms with van der Waals surface area (Å²) in [5, 5.41) is 3.70. The molecule has 1 aliphatic carbocycles. The maximum absolute atomic E-state index is 3.70. The third-order valence-corrected chi connectivity index (χ3v) is 4.82. The summed E-state index contributed by atoms with van der Waals surface area (Å²) < 4.78 is 0. The minimum Gasteiger partial charge on any atom is -0.314 e. The Morgan fingerprint density at radius 3 is 2.30 bits per heavy atom. The second-order valence-corrected chi connectivity index (χ2v) is 6.13. The van der Waals surface area contributed by atoms with Gasteiger partial charge in [-0.15, -0.1) is 0 Å². The van der Waals surface area contributed by atoms with Gasteiger partial charge < -0.3 is 15.1 Å². The van der Waals surface area contributed by atoms with Crippen molar-refractivity contribution in [2.75, 3.05) is 39.3 Å². The molecule has 3 heteroatoms. The van der Waals surface area contributed by atoms with E-state index in [0.717, 1.165) is 12.1 Å². The Morgan fingerprint density at radius 1 is 0.950 bits per heavy atom. The Hall–Kier alpha value is -0.120. The van der Waals surface area contributed by atoms with Crippen LogP contribution >= 0.6 is 0 Å². The predicted molar refractivity (Wildman–Crippen MR) is 89.4 cm³/mol. The number of nitrogens with zero attached hydrogens (tertiary/aromatic N) is 2. The van der Waals surface area contributed by atoms with Crippen LogP contribution in [0, 0.1) is 0 Å². The Labute approximate surface area is 127 Å². The first-order chi connectivity index (χ1) is 9.74. The van der Waals surface area contributed by atoms with Crippen molar-refractivity contribution in [1.82, 2.24) is 15.1 Å². The average Bonchev–Trinajstić information content (AvgIpc) is 2.94. The highest BCUT2D eigenvalue weighted by molar-refractivity contribution is 4.86. The molecule has 2 atom stereocenters. The van der Waals surface area contributed by atoms with E-state index >= 15 is 0 Å². The Bertz CT molecular complexity index is 228. The molecular formula is C17H37N3. The molecule has 0 heterocycles. The standard InChI is InChI=1S/C17H37N3/c1-5-12-18-16-10-11-17(15-16)20(8-4)14-9-13-19(6-2)7-3/h16-18H,5-15H2,1-4H3. The van der Waals surface area contributed by atoms with Crippen molar-refractivity contribution in [1.29, 1.82) is 0 Å². The van der Waals surface area contributed by atoms with E-state index in [-0.39, 0.29) is 0 Å². The lowest BCUT2D eigenvalue weighted by molar-refractivity contribution is 0.188. The van der Waals surface area contributed by atoms with Crippen molar-refractivity contribution in [3.63, 3.8) is 0 Å². The van der Waals surface area contributed by atoms with E-state index in [4.69, 9.17) is 0 Å². The average molecular weight is 284 g/mol. The number of nitrogens with one attached hydrogen (secondary N) is 1. The van der Waals surface area contributed by atoms with Gasteiger partial charge in [-0.25, -0.2) is 0 Å². The van der Waals surface area contributed by atoms with E-state index in [9.17, 15) is 0 Å². The molecule has 1 saturated carbocycles. The second-order valence-electron chi connectivity index (χ2n) is 6.13. The van der Waals surface area contributed by atoms with Crippen LogP contribution < -0.4 is 5.32 Å². The smallest absolute Gasteiger partial charge is 0.0110 e. The Kier molecular flexibility index (Phi) is 9.49. The lowest BCUT2D eigenvalue weighted by atomic mass is 10.2. The summed E-state index contributed by atoms with van der Waals surface area (Å²) in [6, 6.07) is 1.60. The molecule has 0 aromatic rings. The second kappa shape index (κ2) is 10.6. The first-order valence-electron chi connectivity index (χ1n) is 8.94. The van der Waals surface area contributed by atoms with Crippen LogP contribution in [0.25, 0.3) is 0 Å². The minimum absolute atomic E-state index is 0.775. The maximum Gasteiger partial charge on any atom is 0.0110 e. The molecule has 0 bridgehead atoms. The van der Waals surface area contributed by atoms with Gasteiger partial charge in [0.15, 0.2) is 0 Å². The number of rotatable bonds is 11. The summed E-state index contributed by atoms with van der Waals surface area (Å²) in [6.07, 6.45) is 6.69. The number of hydrogen-bond donors (Lipinski definition) is 1. The fourth-order valence-electron chi connectivity index (χ4n) is 3.46. The van der Waals surface area contributed by atoms with Crippen LogP contribution in [0.15, 0.2) is 0 Å². The van der Waals surface area contributed by atoms with E-state index in [1.54, 1.807) is 0 Å². The third-order valence-electron chi connectivity index (χ3n) is 4.82. The molecule has 1 aliphatic rings. The van der Waals surface area contributed by atoms with E-state index in [0.29, 0.717) is 0 Å². The van der Waals surface area contributed by atoms with Gasteiger partial charge in [0.05, 0.1) is 0 Å². The summed E-state index contributed by atoms with van der Waals surface area (Å²) in [5.41, 5.74) is 0. The number of hydrogen-bond acceptors (Lipinski definition) is 3. The van der Waals surface area contributed by atoms with Crippen molar-refractivity contribution in [3.05, 3.63) is 0 Å². The highest BCUT2D eigenvalue weighted by Crippen LogP contribution is 2.24. The van der Waals surface area contributed by atoms with Gasteiger partial charge in [-0.3, -0.25) is 0 Å². The largest absolute Gasteiger partial charge is 0.314 e. The van der Waals surface area contributed by atoms with Gasteiger partial charge in [-0.05, 0) is 71.4 Å². The van der Waals surface area contributed by atoms with Crippen molar-refractivity contribution in [2.45, 2.75) is 71.9 Å². The predicted octanol–water partition coefficient (Wildman–Crippen LogP) is 2.96. The Morgan fingerprint density at radius 2 is 1.70 bits per heavy atom. The molecule has 0 aromatic heterocycles. The van der Waals surface area contributed by atoms with Crippen molar-refractivity contribution < 1.29 is 0 Å². The van der Waals surface area contributed by atoms with Crippen LogP contribution in [0.5, 0.6) is 0 Å². The van der Waals surface area contributed by atoms with Crippen molar-refractivity contribution in [2.24, 2.45) is 0 Å². The van der Waals surface area contributed by atoms with Gasteiger partial charge in [0.2, 0.25) is 0 Å². The van der Waals surface area contributed by atoms with Crippen LogP contribution in [0.3, 0.4) is 0 Å². The molecule has 1 N–H and O–H groups in total. The summed E-state index contributed by atoms with van der Waals surface area (Å²) in [5.74, 6) is 0. The molecule has 0 aliphatic heterocycles. The molecular weight excluding hydrogens is 246 g/mol. The highest BCUT2D eigenvalue weighted by Gasteiger charge is 2.27. The maximum atomic E-state index is 3.70. The fourth-order valence-corrected chi connectivity index (χ4v) is 3.46. The van der Waals surface area contributed by atoms with Gasteiger partial charge in [0, 0.05) is 12.1 Å². The van der Waals surface area contributed by atoms with Crippen LogP contribution in [0.2, 0.25) is 0 Å². The molecule has 20 heavy (non-hydrogen) atoms. The van der Waals surface area contributed by atoms with E-state index in [2.05, 4.69) is 42.8 Å². The fraction of sp³-hybridized carbons (Fsp3) is 1.00. The lowest BCUT2D eigenvalue weighted by Gasteiger charge is -2.29. The van der Waals surface area contributed by atoms with Crippen molar-refractivity contribution >= 4 is 0 Å². The zero-order chi connectivity index (χ0) is 14.8. The van der Waals surface area contributed by atoms with E-state index in [1.165, 1.54) is 71.4 Å². The first-order valence-corrected chi connectivity index (χ1v) is 8.94. The molecule has 1 rings (SSSR count). The molecule has 120 valence electrons. The summed E-state index contributed by atoms with van der Waals surface area (Å²) in [7, 11) is 0. The summed E-state index contributed by atoms with van der Waals surface area (Å²) >= 11 is 0. The van der Waals surface area contributed by atoms with Gasteiger partial charge in [0.25, 0.3) is 0 Å². The minimum atomic E-state index is 0.775. The quantitative estimate of drug-likeness (QED) is 0.629. The molecule has 3 nitrogen and oxygen atoms in total. The SMILES string of the molecule is CCCNC1CCC(N(CC)CCCN(CC)CC)C1. The highest BCUT2D eigenvalue weighted by atomic mass is 15.2. The molecule has 0 aromatic carbocycles. The van der Waals surface area contributed by atoms with Gasteiger partial charge in [-0.2, -0.15) is 0 Å². The topological polar surface area (TPSA) is 18.5 Å². The van der Waals surface area contributed by atoms with Crippen LogP contribution in [-0.2, 0) is 0 Å². The van der Waals surface area contributed by atoms with E-state index < -0.39 is 0 Å². The molecule has 1 fully saturated rings.